The molecule has 9 nitrogen and oxygen atoms in total. The highest BCUT2D eigenvalue weighted by Crippen LogP contribution is 2.46. The summed E-state index contributed by atoms with van der Waals surface area (Å²) in [4.78, 5) is 33.6. The number of Topliss-reactive ketones (excluding diaryl/α,β-unsaturated/α-hetero) is 1. The first-order valence-corrected chi connectivity index (χ1v) is 15.5. The summed E-state index contributed by atoms with van der Waals surface area (Å²) in [5.41, 5.74) is 2.56. The Kier molecular flexibility index (Phi) is 8.18. The van der Waals surface area contributed by atoms with E-state index in [9.17, 15) is 14.7 Å². The Labute approximate surface area is 259 Å². The van der Waals surface area contributed by atoms with E-state index in [2.05, 4.69) is 6.92 Å². The van der Waals surface area contributed by atoms with Gasteiger partial charge in [0.25, 0.3) is 5.78 Å². The van der Waals surface area contributed by atoms with E-state index >= 15 is 0 Å². The monoisotopic (exact) mass is 614 g/mol. The van der Waals surface area contributed by atoms with Crippen molar-refractivity contribution in [3.05, 3.63) is 76.9 Å². The van der Waals surface area contributed by atoms with E-state index in [1.54, 1.807) is 56.7 Å². The third-order valence-electron chi connectivity index (χ3n) is 7.91. The highest BCUT2D eigenvalue weighted by atomic mass is 32.1. The Balaban J connectivity index is 1.48. The van der Waals surface area contributed by atoms with Crippen LogP contribution < -0.4 is 23.8 Å². The summed E-state index contributed by atoms with van der Waals surface area (Å²) >= 11 is 1.27. The summed E-state index contributed by atoms with van der Waals surface area (Å²) in [5.74, 6) is 0.579. The van der Waals surface area contributed by atoms with Gasteiger partial charge >= 0.3 is 5.91 Å². The zero-order chi connectivity index (χ0) is 31.0. The van der Waals surface area contributed by atoms with Gasteiger partial charge in [-0.3, -0.25) is 14.5 Å². The second-order valence-electron chi connectivity index (χ2n) is 10.9. The van der Waals surface area contributed by atoms with Crippen LogP contribution in [-0.2, 0) is 16.0 Å². The summed E-state index contributed by atoms with van der Waals surface area (Å²) in [7, 11) is 3.13. The number of ketones is 1. The first-order chi connectivity index (χ1) is 21.3. The number of anilines is 1. The molecule has 1 saturated heterocycles. The standard InChI is InChI=1S/C34H34N2O7S/c1-5-6-7-14-42-26-13-8-20(17-27(26)41-4)30-29(31(37)21-9-12-25-22(16-21)15-19(2)43-25)32(38)33(39)36(30)34-35-24-11-10-23(40-3)18-28(24)44-34/h8-13,16-19,30,37H,5-7,14-15H2,1-4H3/b31-29+/t19-,30+/m0/s1. The van der Waals surface area contributed by atoms with Crippen LogP contribution in [0.1, 0.15) is 55.8 Å². The number of carbonyl (C=O) groups is 2. The van der Waals surface area contributed by atoms with E-state index in [1.807, 2.05) is 19.1 Å². The van der Waals surface area contributed by atoms with Crippen molar-refractivity contribution in [2.75, 3.05) is 25.7 Å². The van der Waals surface area contributed by atoms with Crippen LogP contribution >= 0.6 is 11.3 Å². The molecule has 3 aromatic carbocycles. The number of methoxy groups -OCH3 is 2. The Morgan fingerprint density at radius 3 is 2.66 bits per heavy atom. The maximum atomic E-state index is 13.8. The second kappa shape index (κ2) is 12.2. The fraction of sp³-hybridized carbons (Fsp3) is 0.324. The van der Waals surface area contributed by atoms with Crippen molar-refractivity contribution in [3.63, 3.8) is 0 Å². The summed E-state index contributed by atoms with van der Waals surface area (Å²) in [6.07, 6.45) is 3.74. The van der Waals surface area contributed by atoms with E-state index in [0.717, 1.165) is 35.3 Å². The van der Waals surface area contributed by atoms with Gasteiger partial charge in [-0.15, -0.1) is 0 Å². The minimum Gasteiger partial charge on any atom is -0.507 e. The Hall–Kier alpha value is -4.57. The largest absolute Gasteiger partial charge is 0.507 e. The third kappa shape index (κ3) is 5.34. The van der Waals surface area contributed by atoms with Gasteiger partial charge in [-0.1, -0.05) is 37.2 Å². The molecule has 10 heteroatoms. The number of hydrogen-bond acceptors (Lipinski definition) is 9. The zero-order valence-electron chi connectivity index (χ0n) is 25.1. The van der Waals surface area contributed by atoms with Crippen LogP contribution in [0.2, 0.25) is 0 Å². The van der Waals surface area contributed by atoms with Crippen LogP contribution in [0.5, 0.6) is 23.0 Å². The van der Waals surface area contributed by atoms with E-state index in [1.165, 1.54) is 16.2 Å². The van der Waals surface area contributed by atoms with Gasteiger partial charge in [0.2, 0.25) is 0 Å². The lowest BCUT2D eigenvalue weighted by molar-refractivity contribution is -0.132. The maximum absolute atomic E-state index is 13.8. The van der Waals surface area contributed by atoms with Crippen LogP contribution in [0, 0.1) is 0 Å². The van der Waals surface area contributed by atoms with E-state index in [-0.39, 0.29) is 17.4 Å². The number of benzene rings is 3. The van der Waals surface area contributed by atoms with Crippen LogP contribution in [0.25, 0.3) is 16.0 Å². The number of carbonyl (C=O) groups excluding carboxylic acids is 2. The van der Waals surface area contributed by atoms with Crippen LogP contribution in [0.4, 0.5) is 5.13 Å². The number of aliphatic hydroxyl groups is 1. The predicted molar refractivity (Wildman–Crippen MR) is 169 cm³/mol. The highest BCUT2D eigenvalue weighted by Gasteiger charge is 2.48. The molecule has 4 aromatic rings. The molecule has 1 fully saturated rings. The number of thiazole rings is 1. The first kappa shape index (κ1) is 29.5. The van der Waals surface area contributed by atoms with Crippen LogP contribution in [0.3, 0.4) is 0 Å². The average molecular weight is 615 g/mol. The first-order valence-electron chi connectivity index (χ1n) is 14.7. The number of fused-ring (bicyclic) bond motifs is 2. The number of amides is 1. The van der Waals surface area contributed by atoms with Gasteiger partial charge in [-0.2, -0.15) is 0 Å². The van der Waals surface area contributed by atoms with Gasteiger partial charge in [0.05, 0.1) is 42.7 Å². The van der Waals surface area contributed by atoms with Crippen LogP contribution in [0.15, 0.2) is 60.2 Å². The fourth-order valence-corrected chi connectivity index (χ4v) is 6.72. The van der Waals surface area contributed by atoms with Crippen molar-refractivity contribution in [2.45, 2.75) is 51.7 Å². The lowest BCUT2D eigenvalue weighted by Gasteiger charge is -2.24. The smallest absolute Gasteiger partial charge is 0.301 e. The van der Waals surface area contributed by atoms with Crippen molar-refractivity contribution in [1.82, 2.24) is 4.98 Å². The molecule has 228 valence electrons. The number of unbranched alkanes of at least 4 members (excludes halogenated alkanes) is 2. The molecular weight excluding hydrogens is 580 g/mol. The molecule has 3 heterocycles. The normalized spacial score (nSPS) is 18.9. The number of ether oxygens (including phenoxy) is 4. The summed E-state index contributed by atoms with van der Waals surface area (Å²) in [6.45, 7) is 4.64. The SMILES string of the molecule is CCCCCOc1ccc([C@@H]2/C(=C(\O)c3ccc4c(c3)C[C@H](C)O4)C(=O)C(=O)N2c2nc3ccc(OC)cc3s2)cc1OC. The lowest BCUT2D eigenvalue weighted by atomic mass is 9.94. The molecule has 2 atom stereocenters. The molecule has 0 saturated carbocycles. The Morgan fingerprint density at radius 1 is 1.05 bits per heavy atom. The molecule has 0 bridgehead atoms. The number of aliphatic hydroxyl groups excluding tert-OH is 1. The van der Waals surface area contributed by atoms with Crippen molar-refractivity contribution in [3.8, 4) is 23.0 Å². The molecule has 1 N–H and O–H groups in total. The maximum Gasteiger partial charge on any atom is 0.301 e. The van der Waals surface area contributed by atoms with Crippen molar-refractivity contribution >= 4 is 44.1 Å². The van der Waals surface area contributed by atoms with Crippen LogP contribution in [-0.4, -0.2) is 48.7 Å². The molecule has 44 heavy (non-hydrogen) atoms. The Morgan fingerprint density at radius 2 is 1.89 bits per heavy atom. The highest BCUT2D eigenvalue weighted by molar-refractivity contribution is 7.22. The molecule has 1 aromatic heterocycles. The van der Waals surface area contributed by atoms with E-state index in [4.69, 9.17) is 23.9 Å². The molecule has 0 aliphatic carbocycles. The summed E-state index contributed by atoms with van der Waals surface area (Å²) in [5, 5.41) is 12.0. The number of nitrogens with zero attached hydrogens (tertiary/aromatic N) is 2. The lowest BCUT2D eigenvalue weighted by Crippen LogP contribution is -2.29. The molecule has 6 rings (SSSR count). The minimum atomic E-state index is -0.969. The fourth-order valence-electron chi connectivity index (χ4n) is 5.70. The number of hydrogen-bond donors (Lipinski definition) is 1. The molecule has 2 aliphatic heterocycles. The second-order valence-corrected chi connectivity index (χ2v) is 11.9. The molecule has 0 spiro atoms. The topological polar surface area (TPSA) is 107 Å². The molecule has 0 radical (unpaired) electrons. The molecule has 1 amide bonds. The van der Waals surface area contributed by atoms with Gasteiger partial charge in [-0.05, 0) is 73.0 Å². The van der Waals surface area contributed by atoms with Crippen molar-refractivity contribution in [1.29, 1.82) is 0 Å². The van der Waals surface area contributed by atoms with Gasteiger partial charge in [0, 0.05) is 12.0 Å². The third-order valence-corrected chi connectivity index (χ3v) is 8.93. The minimum absolute atomic E-state index is 0.0146. The van der Waals surface area contributed by atoms with Gasteiger partial charge in [0.1, 0.15) is 23.4 Å². The molecule has 2 aliphatic rings. The van der Waals surface area contributed by atoms with Gasteiger partial charge in [-0.25, -0.2) is 4.98 Å². The van der Waals surface area contributed by atoms with E-state index in [0.29, 0.717) is 52.1 Å². The predicted octanol–water partition coefficient (Wildman–Crippen LogP) is 6.83. The zero-order valence-corrected chi connectivity index (χ0v) is 25.9. The van der Waals surface area contributed by atoms with Gasteiger partial charge in [0.15, 0.2) is 16.6 Å². The van der Waals surface area contributed by atoms with Gasteiger partial charge < -0.3 is 24.1 Å². The quantitative estimate of drug-likeness (QED) is 0.0896. The molecule has 0 unspecified atom stereocenters. The summed E-state index contributed by atoms with van der Waals surface area (Å²) < 4.78 is 23.7. The Bertz CT molecular complexity index is 1780. The van der Waals surface area contributed by atoms with Crippen molar-refractivity contribution < 1.29 is 33.6 Å². The molecular formula is C34H34N2O7S. The number of rotatable bonds is 10. The summed E-state index contributed by atoms with van der Waals surface area (Å²) in [6, 6.07) is 15.1. The average Bonchev–Trinajstić information content (AvgIpc) is 3.70. The number of aromatic nitrogens is 1. The van der Waals surface area contributed by atoms with E-state index < -0.39 is 17.7 Å². The van der Waals surface area contributed by atoms with Crippen molar-refractivity contribution in [2.24, 2.45) is 0 Å².